The van der Waals surface area contributed by atoms with Crippen molar-refractivity contribution in [3.05, 3.63) is 28.3 Å². The molecule has 1 aromatic rings. The number of carbonyl (C=O) groups is 1. The number of hydrogen-bond donors (Lipinski definition) is 2. The number of carbonyl (C=O) groups excluding carboxylic acids is 1. The van der Waals surface area contributed by atoms with Crippen molar-refractivity contribution in [2.24, 2.45) is 0 Å². The minimum atomic E-state index is -1.73. The van der Waals surface area contributed by atoms with Gasteiger partial charge >= 0.3 is 0 Å². The Labute approximate surface area is 149 Å². The van der Waals surface area contributed by atoms with Gasteiger partial charge in [-0.25, -0.2) is 0 Å². The molecule has 0 aromatic heterocycles. The summed E-state index contributed by atoms with van der Waals surface area (Å²) in [5, 5.41) is 21.8. The van der Waals surface area contributed by atoms with Gasteiger partial charge < -0.3 is 14.9 Å². The zero-order chi connectivity index (χ0) is 18.9. The minimum absolute atomic E-state index is 0.0883. The maximum Gasteiger partial charge on any atom is 0.190 e. The van der Waals surface area contributed by atoms with E-state index in [1.165, 1.54) is 6.92 Å². The zero-order valence-corrected chi connectivity index (χ0v) is 16.4. The summed E-state index contributed by atoms with van der Waals surface area (Å²) in [6.45, 7) is 13.2. The van der Waals surface area contributed by atoms with Gasteiger partial charge in [0, 0.05) is 28.1 Å². The van der Waals surface area contributed by atoms with Gasteiger partial charge in [0.25, 0.3) is 0 Å². The summed E-state index contributed by atoms with van der Waals surface area (Å²) in [5.41, 5.74) is 0.904. The fourth-order valence-electron chi connectivity index (χ4n) is 2.90. The average Bonchev–Trinajstić information content (AvgIpc) is 2.41. The number of hydrogen-bond acceptors (Lipinski definition) is 4. The van der Waals surface area contributed by atoms with Crippen molar-refractivity contribution in [1.82, 2.24) is 0 Å². The van der Waals surface area contributed by atoms with E-state index in [0.29, 0.717) is 28.5 Å². The predicted octanol–water partition coefficient (Wildman–Crippen LogP) is 4.22. The largest absolute Gasteiger partial charge is 0.507 e. The van der Waals surface area contributed by atoms with Crippen molar-refractivity contribution in [3.63, 3.8) is 0 Å². The number of rotatable bonds is 5. The molecule has 1 rings (SSSR count). The van der Waals surface area contributed by atoms with E-state index in [-0.39, 0.29) is 23.7 Å². The van der Waals surface area contributed by atoms with E-state index in [0.717, 1.165) is 0 Å². The monoisotopic (exact) mass is 356 g/mol. The average molecular weight is 357 g/mol. The van der Waals surface area contributed by atoms with Gasteiger partial charge in [-0.1, -0.05) is 41.5 Å². The number of phenols is 1. The lowest BCUT2D eigenvalue weighted by Crippen LogP contribution is -2.33. The molecule has 0 heterocycles. The van der Waals surface area contributed by atoms with E-state index in [9.17, 15) is 15.0 Å². The number of aliphatic hydroxyl groups is 1. The van der Waals surface area contributed by atoms with Crippen LogP contribution in [-0.2, 0) is 21.4 Å². The molecule has 136 valence electrons. The first-order valence-corrected chi connectivity index (χ1v) is 8.59. The molecular formula is C19H29ClO4. The van der Waals surface area contributed by atoms with Crippen molar-refractivity contribution in [2.75, 3.05) is 12.5 Å². The third-order valence-electron chi connectivity index (χ3n) is 3.94. The highest BCUT2D eigenvalue weighted by atomic mass is 35.5. The van der Waals surface area contributed by atoms with Crippen molar-refractivity contribution in [3.8, 4) is 5.75 Å². The molecule has 0 spiro atoms. The first-order valence-electron chi connectivity index (χ1n) is 8.06. The molecule has 24 heavy (non-hydrogen) atoms. The third kappa shape index (κ3) is 4.29. The van der Waals surface area contributed by atoms with Crippen LogP contribution < -0.4 is 0 Å². The van der Waals surface area contributed by atoms with Crippen LogP contribution in [0.2, 0.25) is 0 Å². The highest BCUT2D eigenvalue weighted by Gasteiger charge is 2.38. The van der Waals surface area contributed by atoms with Crippen LogP contribution in [0.3, 0.4) is 0 Å². The zero-order valence-electron chi connectivity index (χ0n) is 15.7. The summed E-state index contributed by atoms with van der Waals surface area (Å²) in [5.74, 6) is -1.43. The van der Waals surface area contributed by atoms with Crippen LogP contribution in [0.15, 0.2) is 6.07 Å². The standard InChI is InChI=1S/C19H29ClO4/c1-17(2,3)13-10-12(11-21)14(19(7,23)24-9-8-20)15(16(13)22)18(4,5)6/h10-11,22-23H,8-9H2,1-7H3. The van der Waals surface area contributed by atoms with Gasteiger partial charge in [0.2, 0.25) is 0 Å². The van der Waals surface area contributed by atoms with Gasteiger partial charge in [-0.05, 0) is 23.8 Å². The second-order valence-corrected chi connectivity index (χ2v) is 8.63. The lowest BCUT2D eigenvalue weighted by molar-refractivity contribution is -0.195. The molecule has 0 aliphatic heterocycles. The van der Waals surface area contributed by atoms with Crippen LogP contribution in [0.25, 0.3) is 0 Å². The number of alkyl halides is 1. The van der Waals surface area contributed by atoms with Gasteiger partial charge in [0.15, 0.2) is 12.1 Å². The topological polar surface area (TPSA) is 66.8 Å². The van der Waals surface area contributed by atoms with E-state index in [1.54, 1.807) is 6.07 Å². The molecule has 0 amide bonds. The summed E-state index contributed by atoms with van der Waals surface area (Å²) in [7, 11) is 0. The van der Waals surface area contributed by atoms with Crippen LogP contribution >= 0.6 is 11.6 Å². The molecule has 5 heteroatoms. The Kier molecular flexibility index (Phi) is 6.13. The molecule has 0 radical (unpaired) electrons. The highest BCUT2D eigenvalue weighted by molar-refractivity contribution is 6.17. The van der Waals surface area contributed by atoms with Crippen LogP contribution in [0.4, 0.5) is 0 Å². The molecule has 0 saturated heterocycles. The number of aldehydes is 1. The van der Waals surface area contributed by atoms with Crippen LogP contribution in [0.5, 0.6) is 5.75 Å². The first kappa shape index (κ1) is 20.9. The van der Waals surface area contributed by atoms with Crippen molar-refractivity contribution >= 4 is 17.9 Å². The molecule has 0 aliphatic rings. The van der Waals surface area contributed by atoms with Gasteiger partial charge in [0.1, 0.15) is 5.75 Å². The third-order valence-corrected chi connectivity index (χ3v) is 4.09. The fraction of sp³-hybridized carbons (Fsp3) is 0.632. The number of phenolic OH excluding ortho intramolecular Hbond substituents is 1. The lowest BCUT2D eigenvalue weighted by Gasteiger charge is -2.35. The van der Waals surface area contributed by atoms with Crippen molar-refractivity contribution in [1.29, 1.82) is 0 Å². The summed E-state index contributed by atoms with van der Waals surface area (Å²) in [4.78, 5) is 11.7. The Balaban J connectivity index is 3.88. The van der Waals surface area contributed by atoms with E-state index in [2.05, 4.69) is 0 Å². The van der Waals surface area contributed by atoms with E-state index < -0.39 is 11.2 Å². The van der Waals surface area contributed by atoms with Crippen molar-refractivity contribution < 1.29 is 19.7 Å². The highest BCUT2D eigenvalue weighted by Crippen LogP contribution is 2.45. The maximum absolute atomic E-state index is 11.7. The van der Waals surface area contributed by atoms with Crippen LogP contribution in [0.1, 0.15) is 75.5 Å². The molecule has 0 bridgehead atoms. The molecule has 4 nitrogen and oxygen atoms in total. The summed E-state index contributed by atoms with van der Waals surface area (Å²) >= 11 is 5.66. The minimum Gasteiger partial charge on any atom is -0.507 e. The Morgan fingerprint density at radius 3 is 2.00 bits per heavy atom. The predicted molar refractivity (Wildman–Crippen MR) is 97.1 cm³/mol. The van der Waals surface area contributed by atoms with Gasteiger partial charge in [-0.3, -0.25) is 4.79 Å². The van der Waals surface area contributed by atoms with Gasteiger partial charge in [0.05, 0.1) is 6.61 Å². The molecule has 0 aliphatic carbocycles. The SMILES string of the molecule is CC(C)(C)c1cc(C=O)c(C(C)(O)OCCCl)c(C(C)(C)C)c1O. The lowest BCUT2D eigenvalue weighted by atomic mass is 9.74. The Morgan fingerprint density at radius 2 is 1.62 bits per heavy atom. The second-order valence-electron chi connectivity index (χ2n) is 8.25. The quantitative estimate of drug-likeness (QED) is 0.471. The van der Waals surface area contributed by atoms with E-state index in [4.69, 9.17) is 16.3 Å². The number of halogens is 1. The molecule has 1 unspecified atom stereocenters. The number of aromatic hydroxyl groups is 1. The Morgan fingerprint density at radius 1 is 1.08 bits per heavy atom. The summed E-state index contributed by atoms with van der Waals surface area (Å²) in [6.07, 6.45) is 0.692. The normalized spacial score (nSPS) is 15.2. The van der Waals surface area contributed by atoms with Crippen LogP contribution in [0, 0.1) is 0 Å². The van der Waals surface area contributed by atoms with E-state index in [1.807, 2.05) is 41.5 Å². The Bertz CT molecular complexity index is 607. The molecule has 2 N–H and O–H groups in total. The fourth-order valence-corrected chi connectivity index (χ4v) is 2.97. The van der Waals surface area contributed by atoms with E-state index >= 15 is 0 Å². The number of ether oxygens (including phenoxy) is 1. The van der Waals surface area contributed by atoms with Crippen LogP contribution in [-0.4, -0.2) is 29.0 Å². The molecule has 1 aromatic carbocycles. The van der Waals surface area contributed by atoms with Crippen molar-refractivity contribution in [2.45, 2.75) is 65.1 Å². The molecule has 1 atom stereocenters. The second kappa shape index (κ2) is 7.03. The van der Waals surface area contributed by atoms with Gasteiger partial charge in [-0.15, -0.1) is 11.6 Å². The Hall–Kier alpha value is -1.10. The molecular weight excluding hydrogens is 328 g/mol. The molecule has 0 fully saturated rings. The number of benzene rings is 1. The maximum atomic E-state index is 11.7. The molecule has 0 saturated carbocycles. The van der Waals surface area contributed by atoms with Gasteiger partial charge in [-0.2, -0.15) is 0 Å². The summed E-state index contributed by atoms with van der Waals surface area (Å²) in [6, 6.07) is 1.63. The smallest absolute Gasteiger partial charge is 0.190 e. The first-order chi connectivity index (χ1) is 10.8. The summed E-state index contributed by atoms with van der Waals surface area (Å²) < 4.78 is 5.48.